The van der Waals surface area contributed by atoms with Crippen molar-refractivity contribution in [3.63, 3.8) is 0 Å². The number of hydrogen-bond acceptors (Lipinski definition) is 2. The van der Waals surface area contributed by atoms with Crippen LogP contribution in [0.4, 0.5) is 5.69 Å². The minimum atomic E-state index is 0.307. The zero-order chi connectivity index (χ0) is 10.4. The Bertz CT molecular complexity index is 512. The van der Waals surface area contributed by atoms with Gasteiger partial charge in [0.05, 0.1) is 11.2 Å². The van der Waals surface area contributed by atoms with Crippen LogP contribution >= 0.6 is 0 Å². The molecule has 0 radical (unpaired) electrons. The van der Waals surface area contributed by atoms with Gasteiger partial charge in [-0.15, -0.1) is 0 Å². The summed E-state index contributed by atoms with van der Waals surface area (Å²) in [5.41, 5.74) is 7.80. The Morgan fingerprint density at radius 1 is 1.33 bits per heavy atom. The van der Waals surface area contributed by atoms with Crippen LogP contribution in [-0.2, 0) is 0 Å². The Kier molecular flexibility index (Phi) is 1.69. The molecule has 2 aromatic rings. The highest BCUT2D eigenvalue weighted by molar-refractivity contribution is 5.92. The molecule has 0 bridgehead atoms. The third kappa shape index (κ3) is 1.19. The zero-order valence-corrected chi connectivity index (χ0v) is 8.48. The first-order valence-corrected chi connectivity index (χ1v) is 5.35. The van der Waals surface area contributed by atoms with Gasteiger partial charge < -0.3 is 15.4 Å². The number of phenolic OH excluding ortho intramolecular Hbond substituents is 1. The van der Waals surface area contributed by atoms with E-state index in [1.54, 1.807) is 12.1 Å². The molecular formula is C12H14N2O. The van der Waals surface area contributed by atoms with Gasteiger partial charge in [0.1, 0.15) is 5.75 Å². The molecule has 1 aliphatic carbocycles. The molecule has 1 fully saturated rings. The summed E-state index contributed by atoms with van der Waals surface area (Å²) < 4.78 is 2.20. The summed E-state index contributed by atoms with van der Waals surface area (Å²) in [4.78, 5) is 0. The number of aromatic hydroxyl groups is 1. The van der Waals surface area contributed by atoms with Gasteiger partial charge in [0, 0.05) is 23.7 Å². The third-order valence-electron chi connectivity index (χ3n) is 3.32. The number of rotatable bonds is 1. The molecule has 3 N–H and O–H groups in total. The molecule has 3 nitrogen and oxygen atoms in total. The van der Waals surface area contributed by atoms with Crippen molar-refractivity contribution in [2.24, 2.45) is 0 Å². The lowest BCUT2D eigenvalue weighted by Gasteiger charge is -2.27. The fourth-order valence-electron chi connectivity index (χ4n) is 2.23. The molecule has 3 heteroatoms. The van der Waals surface area contributed by atoms with Gasteiger partial charge in [0.2, 0.25) is 0 Å². The van der Waals surface area contributed by atoms with Crippen molar-refractivity contribution in [3.8, 4) is 5.75 Å². The van der Waals surface area contributed by atoms with Gasteiger partial charge in [0.15, 0.2) is 0 Å². The number of anilines is 1. The summed E-state index contributed by atoms with van der Waals surface area (Å²) in [5.74, 6) is 0.307. The van der Waals surface area contributed by atoms with E-state index in [1.807, 2.05) is 12.3 Å². The number of phenols is 1. The molecule has 1 aromatic carbocycles. The number of aromatic nitrogens is 1. The minimum Gasteiger partial charge on any atom is -0.508 e. The van der Waals surface area contributed by atoms with Crippen molar-refractivity contribution in [2.45, 2.75) is 25.3 Å². The van der Waals surface area contributed by atoms with Crippen LogP contribution in [0, 0.1) is 0 Å². The Hall–Kier alpha value is -1.64. The molecule has 1 aromatic heterocycles. The van der Waals surface area contributed by atoms with Gasteiger partial charge in [0.25, 0.3) is 0 Å². The Morgan fingerprint density at radius 2 is 2.13 bits per heavy atom. The zero-order valence-electron chi connectivity index (χ0n) is 8.48. The van der Waals surface area contributed by atoms with Crippen LogP contribution in [0.5, 0.6) is 5.75 Å². The van der Waals surface area contributed by atoms with Crippen LogP contribution in [0.3, 0.4) is 0 Å². The van der Waals surface area contributed by atoms with Gasteiger partial charge in [-0.05, 0) is 31.4 Å². The second-order valence-corrected chi connectivity index (χ2v) is 4.28. The molecule has 1 saturated carbocycles. The number of benzene rings is 1. The van der Waals surface area contributed by atoms with E-state index < -0.39 is 0 Å². The van der Waals surface area contributed by atoms with E-state index in [9.17, 15) is 5.11 Å². The molecular weight excluding hydrogens is 188 g/mol. The molecule has 78 valence electrons. The molecule has 15 heavy (non-hydrogen) atoms. The summed E-state index contributed by atoms with van der Waals surface area (Å²) in [5, 5.41) is 10.5. The maximum Gasteiger partial charge on any atom is 0.117 e. The van der Waals surface area contributed by atoms with Crippen molar-refractivity contribution in [3.05, 3.63) is 24.4 Å². The van der Waals surface area contributed by atoms with Crippen molar-refractivity contribution < 1.29 is 5.11 Å². The molecule has 1 heterocycles. The van der Waals surface area contributed by atoms with Crippen LogP contribution in [-0.4, -0.2) is 9.67 Å². The van der Waals surface area contributed by atoms with Crippen molar-refractivity contribution >= 4 is 16.6 Å². The average molecular weight is 202 g/mol. The summed E-state index contributed by atoms with van der Waals surface area (Å²) in [6.07, 6.45) is 5.73. The fraction of sp³-hybridized carbons (Fsp3) is 0.333. The number of nitrogen functional groups attached to an aromatic ring is 1. The quantitative estimate of drug-likeness (QED) is 0.746. The third-order valence-corrected chi connectivity index (χ3v) is 3.32. The molecule has 3 rings (SSSR count). The van der Waals surface area contributed by atoms with Crippen molar-refractivity contribution in [1.82, 2.24) is 4.57 Å². The van der Waals surface area contributed by atoms with Crippen LogP contribution in [0.2, 0.25) is 0 Å². The first-order chi connectivity index (χ1) is 7.25. The van der Waals surface area contributed by atoms with E-state index in [4.69, 9.17) is 5.73 Å². The van der Waals surface area contributed by atoms with Crippen LogP contribution in [0.25, 0.3) is 10.9 Å². The summed E-state index contributed by atoms with van der Waals surface area (Å²) in [6, 6.07) is 5.94. The molecule has 0 saturated heterocycles. The van der Waals surface area contributed by atoms with E-state index in [2.05, 4.69) is 4.57 Å². The normalized spacial score (nSPS) is 16.8. The topological polar surface area (TPSA) is 51.2 Å². The van der Waals surface area contributed by atoms with Crippen molar-refractivity contribution in [2.75, 3.05) is 5.73 Å². The molecule has 0 aliphatic heterocycles. The number of nitrogens with zero attached hydrogens (tertiary/aromatic N) is 1. The van der Waals surface area contributed by atoms with Gasteiger partial charge in [-0.3, -0.25) is 0 Å². The van der Waals surface area contributed by atoms with Crippen molar-refractivity contribution in [1.29, 1.82) is 0 Å². The van der Waals surface area contributed by atoms with Crippen LogP contribution in [0.1, 0.15) is 25.3 Å². The van der Waals surface area contributed by atoms with Gasteiger partial charge in [-0.25, -0.2) is 0 Å². The number of fused-ring (bicyclic) bond motifs is 1. The van der Waals surface area contributed by atoms with Crippen LogP contribution in [0.15, 0.2) is 24.4 Å². The SMILES string of the molecule is Nc1cn(C2CCC2)c2cc(O)ccc12. The lowest BCUT2D eigenvalue weighted by Crippen LogP contribution is -2.15. The first-order valence-electron chi connectivity index (χ1n) is 5.35. The van der Waals surface area contributed by atoms with Crippen LogP contribution < -0.4 is 5.73 Å². The summed E-state index contributed by atoms with van der Waals surface area (Å²) >= 11 is 0. The maximum atomic E-state index is 9.48. The van der Waals surface area contributed by atoms with Gasteiger partial charge >= 0.3 is 0 Å². The number of hydrogen-bond donors (Lipinski definition) is 2. The smallest absolute Gasteiger partial charge is 0.117 e. The van der Waals surface area contributed by atoms with E-state index in [0.29, 0.717) is 11.8 Å². The largest absolute Gasteiger partial charge is 0.508 e. The molecule has 0 spiro atoms. The second kappa shape index (κ2) is 2.92. The lowest BCUT2D eigenvalue weighted by atomic mass is 9.93. The van der Waals surface area contributed by atoms with Gasteiger partial charge in [-0.2, -0.15) is 0 Å². The van der Waals surface area contributed by atoms with E-state index in [1.165, 1.54) is 19.3 Å². The van der Waals surface area contributed by atoms with E-state index in [-0.39, 0.29) is 0 Å². The Balaban J connectivity index is 2.24. The fourth-order valence-corrected chi connectivity index (χ4v) is 2.23. The second-order valence-electron chi connectivity index (χ2n) is 4.28. The maximum absolute atomic E-state index is 9.48. The number of nitrogens with two attached hydrogens (primary N) is 1. The highest BCUT2D eigenvalue weighted by atomic mass is 16.3. The monoisotopic (exact) mass is 202 g/mol. The first kappa shape index (κ1) is 8.65. The standard InChI is InChI=1S/C12H14N2O/c13-11-7-14(8-2-1-3-8)12-6-9(15)4-5-10(11)12/h4-8,15H,1-3,13H2. The molecule has 0 unspecified atom stereocenters. The lowest BCUT2D eigenvalue weighted by molar-refractivity contribution is 0.321. The minimum absolute atomic E-state index is 0.307. The predicted octanol–water partition coefficient (Wildman–Crippen LogP) is 2.65. The molecule has 1 aliphatic rings. The predicted molar refractivity (Wildman–Crippen MR) is 60.9 cm³/mol. The molecule has 0 amide bonds. The summed E-state index contributed by atoms with van der Waals surface area (Å²) in [7, 11) is 0. The van der Waals surface area contributed by atoms with E-state index >= 15 is 0 Å². The van der Waals surface area contributed by atoms with Gasteiger partial charge in [-0.1, -0.05) is 0 Å². The van der Waals surface area contributed by atoms with E-state index in [0.717, 1.165) is 16.6 Å². The Morgan fingerprint density at radius 3 is 2.80 bits per heavy atom. The highest BCUT2D eigenvalue weighted by Gasteiger charge is 2.21. The highest BCUT2D eigenvalue weighted by Crippen LogP contribution is 2.37. The summed E-state index contributed by atoms with van der Waals surface area (Å²) in [6.45, 7) is 0. The Labute approximate surface area is 88.1 Å². The average Bonchev–Trinajstić information content (AvgIpc) is 2.41. The molecule has 0 atom stereocenters.